The monoisotopic (exact) mass is 350 g/mol. The van der Waals surface area contributed by atoms with E-state index in [9.17, 15) is 8.42 Å². The van der Waals surface area contributed by atoms with Crippen molar-refractivity contribution in [2.75, 3.05) is 20.8 Å². The fraction of sp³-hybridized carbons (Fsp3) is 0.333. The summed E-state index contributed by atoms with van der Waals surface area (Å²) in [6.45, 7) is 4.17. The fourth-order valence-electron chi connectivity index (χ4n) is 2.37. The summed E-state index contributed by atoms with van der Waals surface area (Å²) in [5, 5.41) is 0. The van der Waals surface area contributed by atoms with Crippen LogP contribution in [0.5, 0.6) is 11.5 Å². The van der Waals surface area contributed by atoms with Gasteiger partial charge in [-0.25, -0.2) is 0 Å². The zero-order valence-electron chi connectivity index (χ0n) is 14.3. The summed E-state index contributed by atoms with van der Waals surface area (Å²) in [7, 11) is -0.706. The van der Waals surface area contributed by atoms with Gasteiger partial charge in [-0.15, -0.1) is 0 Å². The molecule has 0 atom stereocenters. The highest BCUT2D eigenvalue weighted by molar-refractivity contribution is 7.87. The lowest BCUT2D eigenvalue weighted by Gasteiger charge is -2.13. The summed E-state index contributed by atoms with van der Waals surface area (Å²) >= 11 is 0. The Balaban J connectivity index is 2.24. The number of benzene rings is 2. The maximum Gasteiger partial charge on any atom is 0.339 e. The van der Waals surface area contributed by atoms with Gasteiger partial charge >= 0.3 is 10.1 Å². The standard InChI is InChI=1S/C18H22O5S/c1-13-14(2)18(10-9-17(13)22-4)24(19,20)23-16-7-5-15(6-8-16)11-12-21-3/h5-10H,11-12H2,1-4H3. The molecular formula is C18H22O5S. The van der Waals surface area contributed by atoms with E-state index in [1.165, 1.54) is 6.07 Å². The highest BCUT2D eigenvalue weighted by Crippen LogP contribution is 2.28. The van der Waals surface area contributed by atoms with Crippen LogP contribution in [0.1, 0.15) is 16.7 Å². The minimum atomic E-state index is -3.90. The van der Waals surface area contributed by atoms with E-state index in [1.807, 2.05) is 19.1 Å². The summed E-state index contributed by atoms with van der Waals surface area (Å²) in [6.07, 6.45) is 0.764. The normalized spacial score (nSPS) is 11.3. The van der Waals surface area contributed by atoms with Crippen LogP contribution in [0.2, 0.25) is 0 Å². The van der Waals surface area contributed by atoms with Gasteiger partial charge in [0.15, 0.2) is 0 Å². The third-order valence-corrected chi connectivity index (χ3v) is 5.29. The average molecular weight is 350 g/mol. The Morgan fingerprint density at radius 3 is 2.17 bits per heavy atom. The first kappa shape index (κ1) is 18.3. The van der Waals surface area contributed by atoms with Crippen molar-refractivity contribution in [3.8, 4) is 11.5 Å². The number of methoxy groups -OCH3 is 2. The van der Waals surface area contributed by atoms with Crippen LogP contribution >= 0.6 is 0 Å². The van der Waals surface area contributed by atoms with Crippen LogP contribution in [-0.2, 0) is 21.3 Å². The molecule has 2 aromatic rings. The van der Waals surface area contributed by atoms with E-state index in [-0.39, 0.29) is 10.6 Å². The predicted octanol–water partition coefficient (Wildman–Crippen LogP) is 3.27. The summed E-state index contributed by atoms with van der Waals surface area (Å²) < 4.78 is 40.6. The third-order valence-electron chi connectivity index (χ3n) is 3.90. The largest absolute Gasteiger partial charge is 0.496 e. The Morgan fingerprint density at radius 1 is 0.917 bits per heavy atom. The van der Waals surface area contributed by atoms with Crippen molar-refractivity contribution in [3.63, 3.8) is 0 Å². The Labute approximate surface area is 143 Å². The highest BCUT2D eigenvalue weighted by Gasteiger charge is 2.21. The smallest absolute Gasteiger partial charge is 0.339 e. The Bertz CT molecular complexity index is 795. The van der Waals surface area contributed by atoms with E-state index in [4.69, 9.17) is 13.7 Å². The molecule has 0 radical (unpaired) electrons. The van der Waals surface area contributed by atoms with Crippen molar-refractivity contribution < 1.29 is 22.1 Å². The van der Waals surface area contributed by atoms with Crippen LogP contribution in [0.15, 0.2) is 41.3 Å². The highest BCUT2D eigenvalue weighted by atomic mass is 32.2. The zero-order valence-corrected chi connectivity index (χ0v) is 15.1. The second kappa shape index (κ2) is 7.68. The van der Waals surface area contributed by atoms with Crippen molar-refractivity contribution in [2.24, 2.45) is 0 Å². The molecule has 0 heterocycles. The van der Waals surface area contributed by atoms with Gasteiger partial charge < -0.3 is 13.7 Å². The van der Waals surface area contributed by atoms with E-state index >= 15 is 0 Å². The van der Waals surface area contributed by atoms with Crippen LogP contribution in [-0.4, -0.2) is 29.2 Å². The van der Waals surface area contributed by atoms with E-state index < -0.39 is 10.1 Å². The number of hydrogen-bond acceptors (Lipinski definition) is 5. The molecule has 0 aliphatic carbocycles. The van der Waals surface area contributed by atoms with Gasteiger partial charge in [-0.2, -0.15) is 8.42 Å². The maximum absolute atomic E-state index is 12.5. The maximum atomic E-state index is 12.5. The molecule has 0 saturated heterocycles. The minimum absolute atomic E-state index is 0.143. The van der Waals surface area contributed by atoms with Crippen LogP contribution in [0.4, 0.5) is 0 Å². The molecule has 0 amide bonds. The van der Waals surface area contributed by atoms with Crippen molar-refractivity contribution >= 4 is 10.1 Å². The van der Waals surface area contributed by atoms with Gasteiger partial charge in [0.05, 0.1) is 13.7 Å². The molecular weight excluding hydrogens is 328 g/mol. The molecule has 0 fully saturated rings. The molecule has 2 rings (SSSR count). The molecule has 0 N–H and O–H groups in total. The van der Waals surface area contributed by atoms with Gasteiger partial charge in [0.25, 0.3) is 0 Å². The van der Waals surface area contributed by atoms with Crippen molar-refractivity contribution in [3.05, 3.63) is 53.1 Å². The number of ether oxygens (including phenoxy) is 2. The van der Waals surface area contributed by atoms with E-state index in [0.717, 1.165) is 17.5 Å². The lowest BCUT2D eigenvalue weighted by atomic mass is 10.1. The van der Waals surface area contributed by atoms with Crippen LogP contribution in [0.25, 0.3) is 0 Å². The Morgan fingerprint density at radius 2 is 1.58 bits per heavy atom. The molecule has 24 heavy (non-hydrogen) atoms. The van der Waals surface area contributed by atoms with Gasteiger partial charge in [0.2, 0.25) is 0 Å². The molecule has 0 spiro atoms. The fourth-order valence-corrected chi connectivity index (χ4v) is 3.58. The second-order valence-corrected chi connectivity index (χ2v) is 6.95. The van der Waals surface area contributed by atoms with Crippen LogP contribution in [0, 0.1) is 13.8 Å². The first-order valence-electron chi connectivity index (χ1n) is 7.55. The summed E-state index contributed by atoms with van der Waals surface area (Å²) in [5.74, 6) is 0.929. The SMILES string of the molecule is COCCc1ccc(OS(=O)(=O)c2ccc(OC)c(C)c2C)cc1. The van der Waals surface area contributed by atoms with Gasteiger partial charge in [-0.05, 0) is 61.2 Å². The zero-order chi connectivity index (χ0) is 17.7. The molecule has 0 aliphatic rings. The Kier molecular flexibility index (Phi) is 5.85. The summed E-state index contributed by atoms with van der Waals surface area (Å²) in [6, 6.07) is 10.1. The predicted molar refractivity (Wildman–Crippen MR) is 92.3 cm³/mol. The third kappa shape index (κ3) is 4.07. The number of rotatable bonds is 7. The van der Waals surface area contributed by atoms with Gasteiger partial charge in [-0.3, -0.25) is 0 Å². The molecule has 0 saturated carbocycles. The van der Waals surface area contributed by atoms with E-state index in [2.05, 4.69) is 0 Å². The molecule has 2 aromatic carbocycles. The molecule has 0 aromatic heterocycles. The van der Waals surface area contributed by atoms with Crippen molar-refractivity contribution in [1.82, 2.24) is 0 Å². The Hall–Kier alpha value is -2.05. The van der Waals surface area contributed by atoms with Crippen LogP contribution < -0.4 is 8.92 Å². The van der Waals surface area contributed by atoms with Gasteiger partial charge in [0, 0.05) is 7.11 Å². The lowest BCUT2D eigenvalue weighted by Crippen LogP contribution is -2.12. The van der Waals surface area contributed by atoms with E-state index in [1.54, 1.807) is 39.3 Å². The summed E-state index contributed by atoms with van der Waals surface area (Å²) in [5.41, 5.74) is 2.45. The van der Waals surface area contributed by atoms with Crippen molar-refractivity contribution in [2.45, 2.75) is 25.2 Å². The topological polar surface area (TPSA) is 61.8 Å². The van der Waals surface area contributed by atoms with E-state index in [0.29, 0.717) is 17.9 Å². The van der Waals surface area contributed by atoms with Gasteiger partial charge in [-0.1, -0.05) is 12.1 Å². The minimum Gasteiger partial charge on any atom is -0.496 e. The average Bonchev–Trinajstić information content (AvgIpc) is 2.56. The first-order valence-corrected chi connectivity index (χ1v) is 8.96. The molecule has 130 valence electrons. The van der Waals surface area contributed by atoms with Crippen LogP contribution in [0.3, 0.4) is 0 Å². The summed E-state index contributed by atoms with van der Waals surface area (Å²) in [4.78, 5) is 0.143. The number of hydrogen-bond donors (Lipinski definition) is 0. The lowest BCUT2D eigenvalue weighted by molar-refractivity contribution is 0.202. The molecule has 5 nitrogen and oxygen atoms in total. The molecule has 6 heteroatoms. The molecule has 0 unspecified atom stereocenters. The van der Waals surface area contributed by atoms with Gasteiger partial charge in [0.1, 0.15) is 16.4 Å². The first-order chi connectivity index (χ1) is 11.4. The van der Waals surface area contributed by atoms with Crippen molar-refractivity contribution in [1.29, 1.82) is 0 Å². The second-order valence-electron chi connectivity index (χ2n) is 5.44. The quantitative estimate of drug-likeness (QED) is 0.717. The molecule has 0 bridgehead atoms. The molecule has 0 aliphatic heterocycles.